The van der Waals surface area contributed by atoms with Crippen LogP contribution < -0.4 is 0 Å². The van der Waals surface area contributed by atoms with Crippen LogP contribution in [0.15, 0.2) is 0 Å². The maximum absolute atomic E-state index is 13.2. The molecule has 0 radical (unpaired) electrons. The van der Waals surface area contributed by atoms with Gasteiger partial charge in [0.15, 0.2) is 5.78 Å². The van der Waals surface area contributed by atoms with Gasteiger partial charge in [-0.15, -0.1) is 0 Å². The molecule has 0 amide bonds. The molecule has 0 saturated heterocycles. The van der Waals surface area contributed by atoms with Crippen LogP contribution in [0.3, 0.4) is 0 Å². The standard InChI is InChI=1S/C21H30O6/c1-19-6-3-4-14(19)13-8-18(24)21(25)10-17(27-12-23)16(26-11-22)9-20(21,2)15(13)5-7-19/h11-17,25H,3-10H2,1-2H3/t13-,14-,15+,16?,17?,19-,20+,21?/m0/s1. The third kappa shape index (κ3) is 2.51. The van der Waals surface area contributed by atoms with Crippen molar-refractivity contribution in [3.05, 3.63) is 0 Å². The fourth-order valence-corrected chi connectivity index (χ4v) is 7.42. The summed E-state index contributed by atoms with van der Waals surface area (Å²) in [6, 6.07) is 0. The van der Waals surface area contributed by atoms with Gasteiger partial charge in [-0.1, -0.05) is 20.3 Å². The van der Waals surface area contributed by atoms with E-state index in [1.807, 2.05) is 6.92 Å². The zero-order valence-corrected chi connectivity index (χ0v) is 16.2. The quantitative estimate of drug-likeness (QED) is 0.756. The van der Waals surface area contributed by atoms with Crippen LogP contribution in [-0.4, -0.2) is 41.6 Å². The summed E-state index contributed by atoms with van der Waals surface area (Å²) in [5.74, 6) is 0.887. The predicted molar refractivity (Wildman–Crippen MR) is 95.5 cm³/mol. The van der Waals surface area contributed by atoms with Gasteiger partial charge in [0.2, 0.25) is 0 Å². The molecule has 6 heteroatoms. The smallest absolute Gasteiger partial charge is 0.293 e. The molecule has 0 spiro atoms. The first kappa shape index (κ1) is 18.9. The minimum Gasteiger partial charge on any atom is -0.461 e. The molecule has 6 nitrogen and oxygen atoms in total. The van der Waals surface area contributed by atoms with Gasteiger partial charge in [0.1, 0.15) is 17.8 Å². The third-order valence-corrected chi connectivity index (χ3v) is 8.86. The van der Waals surface area contributed by atoms with E-state index in [1.165, 1.54) is 12.8 Å². The number of fused-ring (bicyclic) bond motifs is 5. The molecule has 1 N–H and O–H groups in total. The minimum absolute atomic E-state index is 0.00470. The van der Waals surface area contributed by atoms with Crippen LogP contribution in [0.1, 0.15) is 65.2 Å². The highest BCUT2D eigenvalue weighted by Gasteiger charge is 2.68. The van der Waals surface area contributed by atoms with Gasteiger partial charge < -0.3 is 14.6 Å². The Balaban J connectivity index is 1.71. The molecule has 4 saturated carbocycles. The maximum atomic E-state index is 13.2. The van der Waals surface area contributed by atoms with E-state index < -0.39 is 23.2 Å². The molecule has 0 heterocycles. The van der Waals surface area contributed by atoms with Crippen LogP contribution >= 0.6 is 0 Å². The number of ketones is 1. The molecular weight excluding hydrogens is 348 g/mol. The first-order valence-corrected chi connectivity index (χ1v) is 10.2. The highest BCUT2D eigenvalue weighted by Crippen LogP contribution is 2.66. The molecule has 3 unspecified atom stereocenters. The van der Waals surface area contributed by atoms with Gasteiger partial charge in [-0.2, -0.15) is 0 Å². The van der Waals surface area contributed by atoms with Gasteiger partial charge >= 0.3 is 0 Å². The lowest BCUT2D eigenvalue weighted by Gasteiger charge is -2.63. The fraction of sp³-hybridized carbons (Fsp3) is 0.857. The number of carbonyl (C=O) groups excluding carboxylic acids is 3. The van der Waals surface area contributed by atoms with Gasteiger partial charge in [-0.3, -0.25) is 14.4 Å². The summed E-state index contributed by atoms with van der Waals surface area (Å²) in [6.45, 7) is 5.02. The number of hydrogen-bond acceptors (Lipinski definition) is 6. The van der Waals surface area contributed by atoms with E-state index in [4.69, 9.17) is 9.47 Å². The Kier molecular flexibility index (Phi) is 4.41. The molecule has 4 rings (SSSR count). The van der Waals surface area contributed by atoms with E-state index in [-0.39, 0.29) is 24.0 Å². The molecular formula is C21H30O6. The molecule has 4 fully saturated rings. The van der Waals surface area contributed by atoms with E-state index in [2.05, 4.69) is 6.92 Å². The number of carbonyl (C=O) groups is 3. The molecule has 0 bridgehead atoms. The molecule has 27 heavy (non-hydrogen) atoms. The lowest BCUT2D eigenvalue weighted by atomic mass is 9.43. The number of rotatable bonds is 4. The summed E-state index contributed by atoms with van der Waals surface area (Å²) in [6.07, 6.45) is 5.04. The number of Topliss-reactive ketones (excluding diaryl/α,β-unsaturated/α-hetero) is 1. The van der Waals surface area contributed by atoms with Gasteiger partial charge in [-0.05, 0) is 55.3 Å². The van der Waals surface area contributed by atoms with Crippen molar-refractivity contribution in [3.63, 3.8) is 0 Å². The molecule has 8 atom stereocenters. The Bertz CT molecular complexity index is 649. The van der Waals surface area contributed by atoms with Crippen molar-refractivity contribution in [1.82, 2.24) is 0 Å². The number of ether oxygens (including phenoxy) is 2. The lowest BCUT2D eigenvalue weighted by molar-refractivity contribution is -0.233. The second-order valence-corrected chi connectivity index (χ2v) is 9.82. The van der Waals surface area contributed by atoms with Crippen LogP contribution in [-0.2, 0) is 23.9 Å². The van der Waals surface area contributed by atoms with Crippen LogP contribution in [0.5, 0.6) is 0 Å². The Hall–Kier alpha value is -1.43. The monoisotopic (exact) mass is 378 g/mol. The van der Waals surface area contributed by atoms with Crippen LogP contribution in [0.4, 0.5) is 0 Å². The Morgan fingerprint density at radius 1 is 1.00 bits per heavy atom. The summed E-state index contributed by atoms with van der Waals surface area (Å²) in [4.78, 5) is 35.1. The topological polar surface area (TPSA) is 89.9 Å². The molecule has 0 aromatic heterocycles. The molecule has 0 aromatic carbocycles. The lowest BCUT2D eigenvalue weighted by Crippen LogP contribution is -2.69. The van der Waals surface area contributed by atoms with E-state index in [1.54, 1.807) is 0 Å². The minimum atomic E-state index is -1.53. The average Bonchev–Trinajstić information content (AvgIpc) is 3.01. The third-order valence-electron chi connectivity index (χ3n) is 8.86. The normalized spacial score (nSPS) is 51.5. The highest BCUT2D eigenvalue weighted by atomic mass is 16.6. The van der Waals surface area contributed by atoms with Crippen molar-refractivity contribution in [3.8, 4) is 0 Å². The first-order valence-electron chi connectivity index (χ1n) is 10.2. The van der Waals surface area contributed by atoms with Gasteiger partial charge in [0.05, 0.1) is 0 Å². The Morgan fingerprint density at radius 2 is 1.67 bits per heavy atom. The second kappa shape index (κ2) is 6.29. The second-order valence-electron chi connectivity index (χ2n) is 9.82. The van der Waals surface area contributed by atoms with Crippen molar-refractivity contribution in [2.24, 2.45) is 28.6 Å². The molecule has 0 aromatic rings. The Morgan fingerprint density at radius 3 is 2.33 bits per heavy atom. The maximum Gasteiger partial charge on any atom is 0.293 e. The van der Waals surface area contributed by atoms with Crippen molar-refractivity contribution in [1.29, 1.82) is 0 Å². The molecule has 150 valence electrons. The average molecular weight is 378 g/mol. The van der Waals surface area contributed by atoms with Crippen molar-refractivity contribution in [2.75, 3.05) is 0 Å². The van der Waals surface area contributed by atoms with Crippen LogP contribution in [0.25, 0.3) is 0 Å². The first-order chi connectivity index (χ1) is 12.8. The van der Waals surface area contributed by atoms with Crippen molar-refractivity contribution >= 4 is 18.7 Å². The summed E-state index contributed by atoms with van der Waals surface area (Å²) >= 11 is 0. The Labute approximate surface area is 160 Å². The van der Waals surface area contributed by atoms with Crippen LogP contribution in [0, 0.1) is 28.6 Å². The zero-order valence-electron chi connectivity index (χ0n) is 16.2. The molecule has 4 aliphatic carbocycles. The number of hydrogen-bond donors (Lipinski definition) is 1. The van der Waals surface area contributed by atoms with E-state index in [9.17, 15) is 19.5 Å². The largest absolute Gasteiger partial charge is 0.461 e. The summed E-state index contributed by atoms with van der Waals surface area (Å²) in [5.41, 5.74) is -1.89. The zero-order chi connectivity index (χ0) is 19.4. The SMILES string of the molecule is C[C@@]12CCC[C@H]1[C@@H]1CC(=O)C3(O)CC(OC=O)C(OC=O)C[C@]3(C)[C@@H]1CC2. The fourth-order valence-electron chi connectivity index (χ4n) is 7.42. The van der Waals surface area contributed by atoms with Crippen LogP contribution in [0.2, 0.25) is 0 Å². The molecule has 0 aliphatic heterocycles. The predicted octanol–water partition coefficient (Wildman–Crippen LogP) is 2.41. The molecule has 4 aliphatic rings. The summed E-state index contributed by atoms with van der Waals surface area (Å²) < 4.78 is 10.3. The van der Waals surface area contributed by atoms with E-state index in [0.29, 0.717) is 37.1 Å². The van der Waals surface area contributed by atoms with E-state index >= 15 is 0 Å². The summed E-state index contributed by atoms with van der Waals surface area (Å²) in [7, 11) is 0. The summed E-state index contributed by atoms with van der Waals surface area (Å²) in [5, 5.41) is 11.6. The van der Waals surface area contributed by atoms with Crippen molar-refractivity contribution in [2.45, 2.75) is 83.0 Å². The van der Waals surface area contributed by atoms with Gasteiger partial charge in [0, 0.05) is 18.3 Å². The van der Waals surface area contributed by atoms with E-state index in [0.717, 1.165) is 19.3 Å². The highest BCUT2D eigenvalue weighted by molar-refractivity contribution is 5.89. The van der Waals surface area contributed by atoms with Gasteiger partial charge in [0.25, 0.3) is 12.9 Å². The van der Waals surface area contributed by atoms with Crippen molar-refractivity contribution < 1.29 is 29.0 Å². The number of aliphatic hydroxyl groups is 1. The van der Waals surface area contributed by atoms with Gasteiger partial charge in [-0.25, -0.2) is 0 Å².